The molecule has 0 radical (unpaired) electrons. The van der Waals surface area contributed by atoms with Gasteiger partial charge in [-0.2, -0.15) is 0 Å². The molecule has 0 bridgehead atoms. The first-order chi connectivity index (χ1) is 7.67. The fourth-order valence-electron chi connectivity index (χ4n) is 1.55. The predicted molar refractivity (Wildman–Crippen MR) is 63.3 cm³/mol. The van der Waals surface area contributed by atoms with Gasteiger partial charge >= 0.3 is 0 Å². The number of hydrogen-bond donors (Lipinski definition) is 1. The van der Waals surface area contributed by atoms with Crippen molar-refractivity contribution in [1.82, 2.24) is 0 Å². The van der Waals surface area contributed by atoms with E-state index in [2.05, 4.69) is 0 Å². The number of nitrogens with two attached hydrogens (primary N) is 1. The van der Waals surface area contributed by atoms with Gasteiger partial charge in [0.05, 0.1) is 21.3 Å². The van der Waals surface area contributed by atoms with E-state index in [1.165, 1.54) is 0 Å². The van der Waals surface area contributed by atoms with Gasteiger partial charge in [0, 0.05) is 6.04 Å². The number of hydrogen-bond acceptors (Lipinski definition) is 4. The van der Waals surface area contributed by atoms with Gasteiger partial charge < -0.3 is 19.9 Å². The van der Waals surface area contributed by atoms with Crippen molar-refractivity contribution < 1.29 is 14.2 Å². The van der Waals surface area contributed by atoms with Gasteiger partial charge in [-0.15, -0.1) is 0 Å². The second-order valence-corrected chi connectivity index (χ2v) is 3.47. The van der Waals surface area contributed by atoms with E-state index >= 15 is 0 Å². The molecule has 1 unspecified atom stereocenters. The van der Waals surface area contributed by atoms with Crippen molar-refractivity contribution in [1.29, 1.82) is 0 Å². The van der Waals surface area contributed by atoms with Crippen molar-refractivity contribution in [3.8, 4) is 17.2 Å². The molecule has 90 valence electrons. The van der Waals surface area contributed by atoms with Crippen LogP contribution in [0.3, 0.4) is 0 Å². The minimum Gasteiger partial charge on any atom is -0.493 e. The minimum atomic E-state index is -0.0197. The smallest absolute Gasteiger partial charge is 0.203 e. The highest BCUT2D eigenvalue weighted by molar-refractivity contribution is 5.54. The summed E-state index contributed by atoms with van der Waals surface area (Å²) in [4.78, 5) is 0. The maximum absolute atomic E-state index is 5.98. The number of ether oxygens (including phenoxy) is 3. The van der Waals surface area contributed by atoms with E-state index in [0.29, 0.717) is 17.2 Å². The molecule has 1 aromatic rings. The second-order valence-electron chi connectivity index (χ2n) is 3.47. The highest BCUT2D eigenvalue weighted by Crippen LogP contribution is 2.39. The SMILES string of the molecule is CCC(N)c1cc(OC)c(OC)c(OC)c1. The monoisotopic (exact) mass is 225 g/mol. The molecule has 1 rings (SSSR count). The maximum Gasteiger partial charge on any atom is 0.203 e. The second kappa shape index (κ2) is 5.61. The summed E-state index contributed by atoms with van der Waals surface area (Å²) in [5.74, 6) is 1.87. The highest BCUT2D eigenvalue weighted by atomic mass is 16.5. The standard InChI is InChI=1S/C12H19NO3/c1-5-9(13)8-6-10(14-2)12(16-4)11(7-8)15-3/h6-7,9H,5,13H2,1-4H3. The summed E-state index contributed by atoms with van der Waals surface area (Å²) in [6.07, 6.45) is 0.860. The molecule has 4 nitrogen and oxygen atoms in total. The molecule has 0 amide bonds. The molecule has 0 heterocycles. The molecular weight excluding hydrogens is 206 g/mol. The Morgan fingerprint density at radius 2 is 1.56 bits per heavy atom. The summed E-state index contributed by atoms with van der Waals surface area (Å²) in [5.41, 5.74) is 6.96. The lowest BCUT2D eigenvalue weighted by Crippen LogP contribution is -2.09. The first-order valence-electron chi connectivity index (χ1n) is 5.23. The molecule has 0 fully saturated rings. The van der Waals surface area contributed by atoms with Gasteiger partial charge in [0.1, 0.15) is 0 Å². The van der Waals surface area contributed by atoms with Crippen LogP contribution in [0.25, 0.3) is 0 Å². The van der Waals surface area contributed by atoms with E-state index in [4.69, 9.17) is 19.9 Å². The van der Waals surface area contributed by atoms with Crippen molar-refractivity contribution in [2.45, 2.75) is 19.4 Å². The lowest BCUT2D eigenvalue weighted by atomic mass is 10.0. The Kier molecular flexibility index (Phi) is 4.43. The third kappa shape index (κ3) is 2.39. The number of rotatable bonds is 5. The molecule has 0 aromatic heterocycles. The van der Waals surface area contributed by atoms with E-state index in [0.717, 1.165) is 12.0 Å². The van der Waals surface area contributed by atoms with Gasteiger partial charge in [-0.05, 0) is 24.1 Å². The quantitative estimate of drug-likeness (QED) is 0.834. The van der Waals surface area contributed by atoms with Gasteiger partial charge in [-0.3, -0.25) is 0 Å². The van der Waals surface area contributed by atoms with Gasteiger partial charge in [0.2, 0.25) is 5.75 Å². The van der Waals surface area contributed by atoms with Crippen molar-refractivity contribution >= 4 is 0 Å². The van der Waals surface area contributed by atoms with E-state index < -0.39 is 0 Å². The van der Waals surface area contributed by atoms with Crippen LogP contribution in [0.2, 0.25) is 0 Å². The number of benzene rings is 1. The molecule has 0 saturated heterocycles. The third-order valence-corrected chi connectivity index (χ3v) is 2.56. The van der Waals surface area contributed by atoms with Gasteiger partial charge in [0.25, 0.3) is 0 Å². The summed E-state index contributed by atoms with van der Waals surface area (Å²) < 4.78 is 15.7. The third-order valence-electron chi connectivity index (χ3n) is 2.56. The Hall–Kier alpha value is -1.42. The Bertz CT molecular complexity index is 327. The zero-order valence-corrected chi connectivity index (χ0v) is 10.2. The van der Waals surface area contributed by atoms with Crippen LogP contribution >= 0.6 is 0 Å². The average molecular weight is 225 g/mol. The first kappa shape index (κ1) is 12.6. The van der Waals surface area contributed by atoms with E-state index in [1.54, 1.807) is 21.3 Å². The van der Waals surface area contributed by atoms with Crippen LogP contribution in [-0.2, 0) is 0 Å². The van der Waals surface area contributed by atoms with Crippen LogP contribution < -0.4 is 19.9 Å². The van der Waals surface area contributed by atoms with Crippen LogP contribution in [-0.4, -0.2) is 21.3 Å². The Morgan fingerprint density at radius 3 is 1.88 bits per heavy atom. The zero-order valence-electron chi connectivity index (χ0n) is 10.2. The normalized spacial score (nSPS) is 12.1. The summed E-state index contributed by atoms with van der Waals surface area (Å²) in [6.45, 7) is 2.04. The topological polar surface area (TPSA) is 53.7 Å². The Balaban J connectivity index is 3.25. The van der Waals surface area contributed by atoms with Gasteiger partial charge in [-0.1, -0.05) is 6.92 Å². The fourth-order valence-corrected chi connectivity index (χ4v) is 1.55. The highest BCUT2D eigenvalue weighted by Gasteiger charge is 2.15. The fraction of sp³-hybridized carbons (Fsp3) is 0.500. The van der Waals surface area contributed by atoms with Crippen molar-refractivity contribution in [3.63, 3.8) is 0 Å². The lowest BCUT2D eigenvalue weighted by molar-refractivity contribution is 0.323. The lowest BCUT2D eigenvalue weighted by Gasteiger charge is -2.16. The predicted octanol–water partition coefficient (Wildman–Crippen LogP) is 2.12. The van der Waals surface area contributed by atoms with Crippen molar-refractivity contribution in [3.05, 3.63) is 17.7 Å². The Morgan fingerprint density at radius 1 is 1.06 bits per heavy atom. The maximum atomic E-state index is 5.98. The number of methoxy groups -OCH3 is 3. The molecule has 1 atom stereocenters. The molecular formula is C12H19NO3. The van der Waals surface area contributed by atoms with Crippen molar-refractivity contribution in [2.75, 3.05) is 21.3 Å². The summed E-state index contributed by atoms with van der Waals surface area (Å²) in [5, 5.41) is 0. The molecule has 0 aliphatic carbocycles. The molecule has 0 saturated carbocycles. The largest absolute Gasteiger partial charge is 0.493 e. The van der Waals surface area contributed by atoms with Crippen LogP contribution in [0.1, 0.15) is 24.9 Å². The average Bonchev–Trinajstić information content (AvgIpc) is 2.35. The van der Waals surface area contributed by atoms with Crippen LogP contribution in [0.5, 0.6) is 17.2 Å². The summed E-state index contributed by atoms with van der Waals surface area (Å²) in [6, 6.07) is 3.75. The van der Waals surface area contributed by atoms with Crippen LogP contribution in [0, 0.1) is 0 Å². The van der Waals surface area contributed by atoms with Crippen LogP contribution in [0.4, 0.5) is 0 Å². The Labute approximate surface area is 96.3 Å². The molecule has 0 aliphatic heterocycles. The molecule has 4 heteroatoms. The van der Waals surface area contributed by atoms with Crippen LogP contribution in [0.15, 0.2) is 12.1 Å². The molecule has 0 aliphatic rings. The van der Waals surface area contributed by atoms with E-state index in [1.807, 2.05) is 19.1 Å². The van der Waals surface area contributed by atoms with Crippen molar-refractivity contribution in [2.24, 2.45) is 5.73 Å². The van der Waals surface area contributed by atoms with E-state index in [9.17, 15) is 0 Å². The first-order valence-corrected chi connectivity index (χ1v) is 5.23. The van der Waals surface area contributed by atoms with E-state index in [-0.39, 0.29) is 6.04 Å². The minimum absolute atomic E-state index is 0.0197. The zero-order chi connectivity index (χ0) is 12.1. The van der Waals surface area contributed by atoms with Gasteiger partial charge in [-0.25, -0.2) is 0 Å². The molecule has 0 spiro atoms. The molecule has 2 N–H and O–H groups in total. The molecule has 16 heavy (non-hydrogen) atoms. The summed E-state index contributed by atoms with van der Waals surface area (Å²) in [7, 11) is 4.77. The van der Waals surface area contributed by atoms with Gasteiger partial charge in [0.15, 0.2) is 11.5 Å². The molecule has 1 aromatic carbocycles. The summed E-state index contributed by atoms with van der Waals surface area (Å²) >= 11 is 0.